The maximum atomic E-state index is 5.98. The molecule has 1 atom stereocenters. The van der Waals surface area contributed by atoms with Gasteiger partial charge in [-0.25, -0.2) is 0 Å². The smallest absolute Gasteiger partial charge is 0.191 e. The van der Waals surface area contributed by atoms with Gasteiger partial charge in [0.15, 0.2) is 5.96 Å². The number of ether oxygens (including phenoxy) is 1. The molecule has 0 bridgehead atoms. The first-order chi connectivity index (χ1) is 8.65. The highest BCUT2D eigenvalue weighted by Crippen LogP contribution is 2.21. The number of hydrogen-bond acceptors (Lipinski definition) is 3. The molecule has 6 heteroatoms. The van der Waals surface area contributed by atoms with Crippen molar-refractivity contribution in [2.24, 2.45) is 10.7 Å². The number of halogens is 1. The third kappa shape index (κ3) is 3.86. The highest BCUT2D eigenvalue weighted by Gasteiger charge is 2.17. The average Bonchev–Trinajstić information content (AvgIpc) is 2.75. The Labute approximate surface area is 116 Å². The van der Waals surface area contributed by atoms with Gasteiger partial charge in [-0.1, -0.05) is 11.6 Å². The summed E-state index contributed by atoms with van der Waals surface area (Å²) in [6.07, 6.45) is 1.11. The van der Waals surface area contributed by atoms with Gasteiger partial charge in [-0.15, -0.1) is 11.3 Å². The zero-order chi connectivity index (χ0) is 13.0. The van der Waals surface area contributed by atoms with Crippen molar-refractivity contribution in [3.63, 3.8) is 0 Å². The molecule has 1 aliphatic rings. The predicted molar refractivity (Wildman–Crippen MR) is 76.5 cm³/mol. The lowest BCUT2D eigenvalue weighted by Crippen LogP contribution is -2.47. The molecule has 18 heavy (non-hydrogen) atoms. The largest absolute Gasteiger partial charge is 0.375 e. The van der Waals surface area contributed by atoms with Crippen molar-refractivity contribution in [3.8, 4) is 0 Å². The fourth-order valence-electron chi connectivity index (χ4n) is 1.89. The second-order valence-electron chi connectivity index (χ2n) is 4.32. The summed E-state index contributed by atoms with van der Waals surface area (Å²) in [4.78, 5) is 7.74. The molecule has 0 spiro atoms. The lowest BCUT2D eigenvalue weighted by atomic mass is 10.3. The molecule has 1 saturated heterocycles. The normalized spacial score (nSPS) is 21.3. The van der Waals surface area contributed by atoms with E-state index < -0.39 is 0 Å². The van der Waals surface area contributed by atoms with Gasteiger partial charge in [0.25, 0.3) is 0 Å². The topological polar surface area (TPSA) is 50.8 Å². The Morgan fingerprint density at radius 1 is 1.67 bits per heavy atom. The zero-order valence-corrected chi connectivity index (χ0v) is 12.0. The molecule has 1 aromatic heterocycles. The molecule has 4 nitrogen and oxygen atoms in total. The minimum absolute atomic E-state index is 0.226. The fraction of sp³-hybridized carbons (Fsp3) is 0.583. The van der Waals surface area contributed by atoms with Crippen molar-refractivity contribution in [2.45, 2.75) is 19.4 Å². The monoisotopic (exact) mass is 287 g/mol. The van der Waals surface area contributed by atoms with Gasteiger partial charge in [0.2, 0.25) is 0 Å². The van der Waals surface area contributed by atoms with E-state index in [1.54, 1.807) is 11.3 Å². The highest BCUT2D eigenvalue weighted by atomic mass is 35.5. The van der Waals surface area contributed by atoms with Crippen LogP contribution in [0.5, 0.6) is 0 Å². The maximum Gasteiger partial charge on any atom is 0.191 e. The molecular weight excluding hydrogens is 270 g/mol. The van der Waals surface area contributed by atoms with E-state index in [9.17, 15) is 0 Å². The van der Waals surface area contributed by atoms with Crippen LogP contribution in [0.1, 0.15) is 11.8 Å². The summed E-state index contributed by atoms with van der Waals surface area (Å²) in [6, 6.07) is 3.95. The van der Waals surface area contributed by atoms with E-state index >= 15 is 0 Å². The van der Waals surface area contributed by atoms with Crippen molar-refractivity contribution in [1.29, 1.82) is 0 Å². The van der Waals surface area contributed by atoms with E-state index in [1.165, 1.54) is 4.88 Å². The Bertz CT molecular complexity index is 421. The van der Waals surface area contributed by atoms with Crippen LogP contribution in [0.4, 0.5) is 0 Å². The van der Waals surface area contributed by atoms with Crippen molar-refractivity contribution < 1.29 is 4.74 Å². The molecule has 0 saturated carbocycles. The Morgan fingerprint density at radius 2 is 2.50 bits per heavy atom. The molecule has 1 aromatic rings. The first-order valence-corrected chi connectivity index (χ1v) is 7.25. The quantitative estimate of drug-likeness (QED) is 0.683. The van der Waals surface area contributed by atoms with Crippen molar-refractivity contribution >= 4 is 28.9 Å². The third-order valence-electron chi connectivity index (χ3n) is 2.83. The van der Waals surface area contributed by atoms with Crippen molar-refractivity contribution in [1.82, 2.24) is 4.90 Å². The number of nitrogens with zero attached hydrogens (tertiary/aromatic N) is 2. The van der Waals surface area contributed by atoms with Gasteiger partial charge in [0.05, 0.1) is 17.0 Å². The second-order valence-corrected chi connectivity index (χ2v) is 6.12. The zero-order valence-electron chi connectivity index (χ0n) is 10.4. The van der Waals surface area contributed by atoms with E-state index in [1.807, 2.05) is 19.1 Å². The summed E-state index contributed by atoms with van der Waals surface area (Å²) in [5, 5.41) is 0. The molecular formula is C12H18ClN3OS. The van der Waals surface area contributed by atoms with Crippen LogP contribution in [0.2, 0.25) is 4.34 Å². The van der Waals surface area contributed by atoms with Crippen molar-refractivity contribution in [2.75, 3.05) is 26.2 Å². The van der Waals surface area contributed by atoms with Crippen LogP contribution in [0.15, 0.2) is 17.1 Å². The average molecular weight is 288 g/mol. The summed E-state index contributed by atoms with van der Waals surface area (Å²) >= 11 is 7.47. The molecule has 2 heterocycles. The van der Waals surface area contributed by atoms with Crippen LogP contribution in [0.25, 0.3) is 0 Å². The number of thiophene rings is 1. The lowest BCUT2D eigenvalue weighted by Gasteiger charge is -2.31. The maximum absolute atomic E-state index is 5.98. The molecule has 100 valence electrons. The molecule has 0 amide bonds. The van der Waals surface area contributed by atoms with E-state index in [0.29, 0.717) is 12.5 Å². The van der Waals surface area contributed by atoms with Crippen LogP contribution in [0, 0.1) is 0 Å². The summed E-state index contributed by atoms with van der Waals surface area (Å²) in [5.74, 6) is 0.618. The minimum Gasteiger partial charge on any atom is -0.375 e. The molecule has 0 aliphatic carbocycles. The van der Waals surface area contributed by atoms with Crippen LogP contribution in [-0.2, 0) is 11.2 Å². The highest BCUT2D eigenvalue weighted by molar-refractivity contribution is 7.16. The lowest BCUT2D eigenvalue weighted by molar-refractivity contribution is 0.00530. The van der Waals surface area contributed by atoms with E-state index in [-0.39, 0.29) is 6.10 Å². The Morgan fingerprint density at radius 3 is 3.17 bits per heavy atom. The predicted octanol–water partition coefficient (Wildman–Crippen LogP) is 1.98. The number of hydrogen-bond donors (Lipinski definition) is 1. The number of nitrogens with two attached hydrogens (primary N) is 1. The van der Waals surface area contributed by atoms with E-state index in [2.05, 4.69) is 9.89 Å². The molecule has 2 N–H and O–H groups in total. The van der Waals surface area contributed by atoms with Gasteiger partial charge in [-0.05, 0) is 19.1 Å². The standard InChI is InChI=1S/C12H18ClN3OS/c1-9-8-16(6-7-17-9)12(14)15-5-4-10-2-3-11(13)18-10/h2-3,9H,4-8H2,1H3,(H2,14,15). The van der Waals surface area contributed by atoms with Crippen LogP contribution < -0.4 is 5.73 Å². The Kier molecular flexibility index (Phi) is 4.86. The van der Waals surface area contributed by atoms with Crippen molar-refractivity contribution in [3.05, 3.63) is 21.3 Å². The first-order valence-electron chi connectivity index (χ1n) is 6.06. The first kappa shape index (κ1) is 13.6. The van der Waals surface area contributed by atoms with E-state index in [4.69, 9.17) is 22.1 Å². The van der Waals surface area contributed by atoms with Gasteiger partial charge in [0, 0.05) is 30.9 Å². The number of aliphatic imine (C=N–C) groups is 1. The molecule has 1 fully saturated rings. The molecule has 1 unspecified atom stereocenters. The summed E-state index contributed by atoms with van der Waals surface area (Å²) in [5.41, 5.74) is 5.98. The molecule has 0 aromatic carbocycles. The molecule has 1 aliphatic heterocycles. The van der Waals surface area contributed by atoms with Gasteiger partial charge < -0.3 is 15.4 Å². The Balaban J connectivity index is 1.81. The number of morpholine rings is 1. The van der Waals surface area contributed by atoms with Gasteiger partial charge >= 0.3 is 0 Å². The second kappa shape index (κ2) is 6.41. The van der Waals surface area contributed by atoms with Gasteiger partial charge in [-0.3, -0.25) is 4.99 Å². The van der Waals surface area contributed by atoms with Crippen LogP contribution in [0.3, 0.4) is 0 Å². The summed E-state index contributed by atoms with van der Waals surface area (Å²) in [6.45, 7) is 5.12. The van der Waals surface area contributed by atoms with E-state index in [0.717, 1.165) is 30.5 Å². The molecule has 0 radical (unpaired) electrons. The minimum atomic E-state index is 0.226. The Hall–Kier alpha value is -0.780. The fourth-order valence-corrected chi connectivity index (χ4v) is 2.97. The third-order valence-corrected chi connectivity index (χ3v) is 4.12. The number of rotatable bonds is 3. The summed E-state index contributed by atoms with van der Waals surface area (Å²) in [7, 11) is 0. The van der Waals surface area contributed by atoms with Gasteiger partial charge in [0.1, 0.15) is 0 Å². The van der Waals surface area contributed by atoms with Gasteiger partial charge in [-0.2, -0.15) is 0 Å². The number of guanidine groups is 1. The SMILES string of the molecule is CC1CN(C(N)=NCCc2ccc(Cl)s2)CCO1. The summed E-state index contributed by atoms with van der Waals surface area (Å²) < 4.78 is 6.29. The molecule has 2 rings (SSSR count). The van der Waals surface area contributed by atoms with Crippen LogP contribution in [-0.4, -0.2) is 43.2 Å². The van der Waals surface area contributed by atoms with Crippen LogP contribution >= 0.6 is 22.9 Å².